The van der Waals surface area contributed by atoms with Gasteiger partial charge in [0.2, 0.25) is 0 Å². The first-order chi connectivity index (χ1) is 6.42. The number of benzene rings is 1. The molecule has 0 spiro atoms. The van der Waals surface area contributed by atoms with Crippen molar-refractivity contribution in [2.24, 2.45) is 0 Å². The van der Waals surface area contributed by atoms with E-state index in [9.17, 15) is 0 Å². The molecule has 0 saturated carbocycles. The van der Waals surface area contributed by atoms with Gasteiger partial charge in [0.1, 0.15) is 0 Å². The van der Waals surface area contributed by atoms with Crippen LogP contribution < -0.4 is 0 Å². The van der Waals surface area contributed by atoms with E-state index in [2.05, 4.69) is 43.0 Å². The zero-order valence-corrected chi connectivity index (χ0v) is 9.46. The Morgan fingerprint density at radius 1 is 1.46 bits per heavy atom. The standard InChI is InChI=1S/C11H14S2/c1-2-12-11-7-8-13-10-6-4-3-5-9(10)11/h3-6,11H,2,7-8H2,1H3. The summed E-state index contributed by atoms with van der Waals surface area (Å²) in [6.07, 6.45) is 1.33. The highest BCUT2D eigenvalue weighted by Gasteiger charge is 2.19. The lowest BCUT2D eigenvalue weighted by Crippen LogP contribution is -2.03. The zero-order chi connectivity index (χ0) is 9.10. The van der Waals surface area contributed by atoms with Crippen molar-refractivity contribution in [3.8, 4) is 0 Å². The lowest BCUT2D eigenvalue weighted by molar-refractivity contribution is 0.865. The second kappa shape index (κ2) is 4.43. The van der Waals surface area contributed by atoms with Crippen molar-refractivity contribution in [3.05, 3.63) is 29.8 Å². The van der Waals surface area contributed by atoms with Gasteiger partial charge in [-0.25, -0.2) is 0 Å². The van der Waals surface area contributed by atoms with Gasteiger partial charge in [0.15, 0.2) is 0 Å². The van der Waals surface area contributed by atoms with Crippen LogP contribution in [0.25, 0.3) is 0 Å². The molecule has 0 nitrogen and oxygen atoms in total. The Morgan fingerprint density at radius 2 is 2.31 bits per heavy atom. The van der Waals surface area contributed by atoms with Crippen LogP contribution >= 0.6 is 23.5 Å². The van der Waals surface area contributed by atoms with Crippen LogP contribution in [-0.4, -0.2) is 11.5 Å². The molecule has 0 fully saturated rings. The summed E-state index contributed by atoms with van der Waals surface area (Å²) in [5, 5.41) is 0.752. The highest BCUT2D eigenvalue weighted by Crippen LogP contribution is 2.42. The van der Waals surface area contributed by atoms with E-state index in [1.807, 2.05) is 11.8 Å². The molecule has 2 heteroatoms. The van der Waals surface area contributed by atoms with Crippen LogP contribution in [0, 0.1) is 0 Å². The summed E-state index contributed by atoms with van der Waals surface area (Å²) in [4.78, 5) is 1.50. The van der Waals surface area contributed by atoms with Gasteiger partial charge in [-0.15, -0.1) is 11.8 Å². The van der Waals surface area contributed by atoms with Crippen molar-refractivity contribution < 1.29 is 0 Å². The third kappa shape index (κ3) is 2.05. The molecule has 0 aromatic heterocycles. The molecule has 1 aliphatic heterocycles. The molecule has 0 radical (unpaired) electrons. The lowest BCUT2D eigenvalue weighted by atomic mass is 10.1. The number of thioether (sulfide) groups is 2. The molecule has 1 aromatic carbocycles. The Balaban J connectivity index is 2.26. The van der Waals surface area contributed by atoms with E-state index in [-0.39, 0.29) is 0 Å². The monoisotopic (exact) mass is 210 g/mol. The van der Waals surface area contributed by atoms with Crippen molar-refractivity contribution in [2.45, 2.75) is 23.5 Å². The smallest absolute Gasteiger partial charge is 0.0316 e. The molecule has 2 rings (SSSR count). The third-order valence-corrected chi connectivity index (χ3v) is 4.62. The molecule has 1 aromatic rings. The lowest BCUT2D eigenvalue weighted by Gasteiger charge is -2.23. The van der Waals surface area contributed by atoms with Gasteiger partial charge in [-0.05, 0) is 29.6 Å². The molecule has 0 amide bonds. The summed E-state index contributed by atoms with van der Waals surface area (Å²) in [6.45, 7) is 2.25. The molecule has 1 aliphatic rings. The summed E-state index contributed by atoms with van der Waals surface area (Å²) in [5.41, 5.74) is 1.56. The van der Waals surface area contributed by atoms with Crippen LogP contribution in [0.3, 0.4) is 0 Å². The van der Waals surface area contributed by atoms with Gasteiger partial charge in [-0.2, -0.15) is 11.8 Å². The van der Waals surface area contributed by atoms with Gasteiger partial charge in [0, 0.05) is 10.1 Å². The Labute approximate surface area is 88.5 Å². The zero-order valence-electron chi connectivity index (χ0n) is 7.82. The minimum atomic E-state index is 0.752. The summed E-state index contributed by atoms with van der Waals surface area (Å²) in [6, 6.07) is 8.84. The summed E-state index contributed by atoms with van der Waals surface area (Å²) < 4.78 is 0. The van der Waals surface area contributed by atoms with E-state index in [1.54, 1.807) is 5.56 Å². The van der Waals surface area contributed by atoms with Crippen molar-refractivity contribution in [3.63, 3.8) is 0 Å². The number of rotatable bonds is 2. The minimum absolute atomic E-state index is 0.752. The molecule has 0 N–H and O–H groups in total. The molecule has 0 aliphatic carbocycles. The molecular formula is C11H14S2. The Hall–Kier alpha value is -0.0800. The van der Waals surface area contributed by atoms with Crippen molar-refractivity contribution >= 4 is 23.5 Å². The number of fused-ring (bicyclic) bond motifs is 1. The minimum Gasteiger partial charge on any atom is -0.154 e. The van der Waals surface area contributed by atoms with E-state index in [4.69, 9.17) is 0 Å². The Bertz CT molecular complexity index is 283. The predicted octanol–water partition coefficient (Wildman–Crippen LogP) is 3.98. The third-order valence-electron chi connectivity index (χ3n) is 2.27. The van der Waals surface area contributed by atoms with Crippen LogP contribution in [0.1, 0.15) is 24.2 Å². The first-order valence-electron chi connectivity index (χ1n) is 4.75. The van der Waals surface area contributed by atoms with Gasteiger partial charge in [0.25, 0.3) is 0 Å². The molecule has 1 atom stereocenters. The fourth-order valence-electron chi connectivity index (χ4n) is 1.68. The SMILES string of the molecule is CCSC1CCSc2ccccc21. The largest absolute Gasteiger partial charge is 0.154 e. The first kappa shape index (κ1) is 9.47. The van der Waals surface area contributed by atoms with E-state index in [0.717, 1.165) is 5.25 Å². The maximum Gasteiger partial charge on any atom is 0.0316 e. The summed E-state index contributed by atoms with van der Waals surface area (Å²) in [5.74, 6) is 2.51. The normalized spacial score (nSPS) is 21.2. The van der Waals surface area contributed by atoms with Crippen LogP contribution in [-0.2, 0) is 0 Å². The first-order valence-corrected chi connectivity index (χ1v) is 6.78. The average molecular weight is 210 g/mol. The van der Waals surface area contributed by atoms with Crippen molar-refractivity contribution in [1.82, 2.24) is 0 Å². The molecule has 0 bridgehead atoms. The molecule has 1 unspecified atom stereocenters. The van der Waals surface area contributed by atoms with Crippen molar-refractivity contribution in [2.75, 3.05) is 11.5 Å². The van der Waals surface area contributed by atoms with Crippen LogP contribution in [0.4, 0.5) is 0 Å². The molecule has 70 valence electrons. The van der Waals surface area contributed by atoms with Gasteiger partial charge >= 0.3 is 0 Å². The average Bonchev–Trinajstić information content (AvgIpc) is 2.19. The Morgan fingerprint density at radius 3 is 3.15 bits per heavy atom. The van der Waals surface area contributed by atoms with Gasteiger partial charge in [-0.1, -0.05) is 25.1 Å². The van der Waals surface area contributed by atoms with Crippen LogP contribution in [0.2, 0.25) is 0 Å². The summed E-state index contributed by atoms with van der Waals surface area (Å²) in [7, 11) is 0. The second-order valence-corrected chi connectivity index (χ2v) is 5.74. The van der Waals surface area contributed by atoms with Gasteiger partial charge < -0.3 is 0 Å². The fourth-order valence-corrected chi connectivity index (χ4v) is 4.10. The number of hydrogen-bond acceptors (Lipinski definition) is 2. The van der Waals surface area contributed by atoms with E-state index in [0.29, 0.717) is 0 Å². The van der Waals surface area contributed by atoms with Gasteiger partial charge in [0.05, 0.1) is 0 Å². The van der Waals surface area contributed by atoms with Gasteiger partial charge in [-0.3, -0.25) is 0 Å². The molecule has 13 heavy (non-hydrogen) atoms. The highest BCUT2D eigenvalue weighted by molar-refractivity contribution is 8.01. The van der Waals surface area contributed by atoms with E-state index < -0.39 is 0 Å². The Kier molecular flexibility index (Phi) is 3.23. The maximum atomic E-state index is 2.29. The van der Waals surface area contributed by atoms with E-state index in [1.165, 1.54) is 22.8 Å². The molecule has 0 saturated heterocycles. The van der Waals surface area contributed by atoms with Crippen molar-refractivity contribution in [1.29, 1.82) is 0 Å². The second-order valence-electron chi connectivity index (χ2n) is 3.12. The predicted molar refractivity (Wildman–Crippen MR) is 62.7 cm³/mol. The summed E-state index contributed by atoms with van der Waals surface area (Å²) >= 11 is 4.09. The van der Waals surface area contributed by atoms with Crippen LogP contribution in [0.15, 0.2) is 29.2 Å². The quantitative estimate of drug-likeness (QED) is 0.724. The number of hydrogen-bond donors (Lipinski definition) is 0. The fraction of sp³-hybridized carbons (Fsp3) is 0.455. The molecular weight excluding hydrogens is 196 g/mol. The van der Waals surface area contributed by atoms with Crippen LogP contribution in [0.5, 0.6) is 0 Å². The molecule has 1 heterocycles. The highest BCUT2D eigenvalue weighted by atomic mass is 32.2. The van der Waals surface area contributed by atoms with E-state index >= 15 is 0 Å². The maximum absolute atomic E-state index is 2.29. The topological polar surface area (TPSA) is 0 Å².